The zero-order valence-electron chi connectivity index (χ0n) is 9.52. The monoisotopic (exact) mass is 245 g/mol. The largest absolute Gasteiger partial charge is 0.392 e. The third-order valence-corrected chi connectivity index (χ3v) is 3.25. The summed E-state index contributed by atoms with van der Waals surface area (Å²) in [4.78, 5) is 21.5. The van der Waals surface area contributed by atoms with Gasteiger partial charge in [0.25, 0.3) is 0 Å². The second-order valence-corrected chi connectivity index (χ2v) is 4.56. The molecule has 4 nitrogen and oxygen atoms in total. The molecule has 0 aromatic rings. The third-order valence-electron chi connectivity index (χ3n) is 2.19. The molecule has 0 aromatic carbocycles. The highest BCUT2D eigenvalue weighted by molar-refractivity contribution is 8.13. The predicted molar refractivity (Wildman–Crippen MR) is 66.1 cm³/mol. The molecular weight excluding hydrogens is 226 g/mol. The highest BCUT2D eigenvalue weighted by atomic mass is 32.2. The summed E-state index contributed by atoms with van der Waals surface area (Å²) in [5, 5.41) is 12.1. The molecule has 2 atom stereocenters. The molecule has 1 amide bonds. The van der Waals surface area contributed by atoms with Crippen molar-refractivity contribution >= 4 is 23.3 Å². The fourth-order valence-electron chi connectivity index (χ4n) is 1.10. The lowest BCUT2D eigenvalue weighted by Gasteiger charge is -2.16. The van der Waals surface area contributed by atoms with Crippen LogP contribution in [-0.4, -0.2) is 35.0 Å². The first-order chi connectivity index (χ1) is 7.63. The minimum atomic E-state index is -0.614. The topological polar surface area (TPSA) is 66.4 Å². The number of allylic oxidation sites excluding steroid dienone is 1. The molecule has 92 valence electrons. The van der Waals surface area contributed by atoms with Gasteiger partial charge >= 0.3 is 0 Å². The Kier molecular flexibility index (Phi) is 8.94. The molecule has 0 bridgehead atoms. The first-order valence-corrected chi connectivity index (χ1v) is 6.24. The number of rotatable bonds is 9. The van der Waals surface area contributed by atoms with Crippen LogP contribution in [0.25, 0.3) is 0 Å². The Labute approximate surface area is 100 Å². The van der Waals surface area contributed by atoms with E-state index >= 15 is 0 Å². The SMILES string of the molecule is C=CCC[C@@H](O)[C@H](C)C(=O)SCCNC=O. The molecular formula is C11H19NO3S. The summed E-state index contributed by atoms with van der Waals surface area (Å²) in [6.45, 7) is 5.75. The van der Waals surface area contributed by atoms with E-state index in [4.69, 9.17) is 0 Å². The van der Waals surface area contributed by atoms with Crippen molar-refractivity contribution in [3.63, 3.8) is 0 Å². The maximum atomic E-state index is 11.6. The van der Waals surface area contributed by atoms with Crippen LogP contribution >= 0.6 is 11.8 Å². The fraction of sp³-hybridized carbons (Fsp3) is 0.636. The highest BCUT2D eigenvalue weighted by Gasteiger charge is 2.21. The number of thioether (sulfide) groups is 1. The summed E-state index contributed by atoms with van der Waals surface area (Å²) in [5.41, 5.74) is 0. The number of hydrogen-bond donors (Lipinski definition) is 2. The molecule has 5 heteroatoms. The molecule has 2 N–H and O–H groups in total. The van der Waals surface area contributed by atoms with Crippen LogP contribution in [-0.2, 0) is 9.59 Å². The number of aliphatic hydroxyl groups is 1. The molecule has 16 heavy (non-hydrogen) atoms. The van der Waals surface area contributed by atoms with Crippen molar-refractivity contribution in [1.29, 1.82) is 0 Å². The van der Waals surface area contributed by atoms with Crippen molar-refractivity contribution in [2.24, 2.45) is 5.92 Å². The van der Waals surface area contributed by atoms with Gasteiger partial charge in [0.1, 0.15) is 0 Å². The smallest absolute Gasteiger partial charge is 0.207 e. The van der Waals surface area contributed by atoms with Crippen LogP contribution in [0.15, 0.2) is 12.7 Å². The fourth-order valence-corrected chi connectivity index (χ4v) is 1.94. The molecule has 0 unspecified atom stereocenters. The van der Waals surface area contributed by atoms with E-state index in [1.165, 1.54) is 0 Å². The minimum Gasteiger partial charge on any atom is -0.392 e. The van der Waals surface area contributed by atoms with Gasteiger partial charge in [-0.05, 0) is 12.8 Å². The molecule has 0 saturated carbocycles. The zero-order valence-corrected chi connectivity index (χ0v) is 10.3. The molecule has 0 aliphatic heterocycles. The van der Waals surface area contributed by atoms with Gasteiger partial charge in [0.2, 0.25) is 6.41 Å². The van der Waals surface area contributed by atoms with E-state index in [1.807, 2.05) is 0 Å². The van der Waals surface area contributed by atoms with E-state index in [9.17, 15) is 14.7 Å². The Hall–Kier alpha value is -0.810. The first-order valence-electron chi connectivity index (χ1n) is 5.26. The van der Waals surface area contributed by atoms with Crippen molar-refractivity contribution < 1.29 is 14.7 Å². The summed E-state index contributed by atoms with van der Waals surface area (Å²) in [6, 6.07) is 0. The van der Waals surface area contributed by atoms with Crippen molar-refractivity contribution in [2.75, 3.05) is 12.3 Å². The summed E-state index contributed by atoms with van der Waals surface area (Å²) in [5.74, 6) is 0.164. The second-order valence-electron chi connectivity index (χ2n) is 3.46. The Morgan fingerprint density at radius 1 is 1.62 bits per heavy atom. The second kappa shape index (κ2) is 9.42. The summed E-state index contributed by atoms with van der Waals surface area (Å²) >= 11 is 1.14. The Morgan fingerprint density at radius 2 is 2.31 bits per heavy atom. The lowest BCUT2D eigenvalue weighted by molar-refractivity contribution is -0.117. The van der Waals surface area contributed by atoms with Gasteiger partial charge in [-0.3, -0.25) is 9.59 Å². The summed E-state index contributed by atoms with van der Waals surface area (Å²) < 4.78 is 0. The number of carbonyl (C=O) groups excluding carboxylic acids is 2. The van der Waals surface area contributed by atoms with Crippen molar-refractivity contribution in [3.05, 3.63) is 12.7 Å². The molecule has 0 aromatic heterocycles. The quantitative estimate of drug-likeness (QED) is 0.361. The van der Waals surface area contributed by atoms with Gasteiger partial charge in [-0.2, -0.15) is 0 Å². The minimum absolute atomic E-state index is 0.0377. The number of carbonyl (C=O) groups is 2. The highest BCUT2D eigenvalue weighted by Crippen LogP contribution is 2.17. The van der Waals surface area contributed by atoms with E-state index in [0.29, 0.717) is 31.5 Å². The van der Waals surface area contributed by atoms with Crippen LogP contribution in [0.4, 0.5) is 0 Å². The van der Waals surface area contributed by atoms with Crippen molar-refractivity contribution in [3.8, 4) is 0 Å². The predicted octanol–water partition coefficient (Wildman–Crippen LogP) is 0.955. The Balaban J connectivity index is 3.78. The van der Waals surface area contributed by atoms with Gasteiger partial charge < -0.3 is 10.4 Å². The molecule has 0 rings (SSSR count). The maximum absolute atomic E-state index is 11.6. The molecule has 0 fully saturated rings. The van der Waals surface area contributed by atoms with Gasteiger partial charge in [-0.25, -0.2) is 0 Å². The lowest BCUT2D eigenvalue weighted by Crippen LogP contribution is -2.25. The van der Waals surface area contributed by atoms with Crippen molar-refractivity contribution in [1.82, 2.24) is 5.32 Å². The molecule has 0 spiro atoms. The third kappa shape index (κ3) is 6.63. The van der Waals surface area contributed by atoms with Crippen LogP contribution in [0.1, 0.15) is 19.8 Å². The first kappa shape index (κ1) is 15.2. The van der Waals surface area contributed by atoms with Gasteiger partial charge in [-0.1, -0.05) is 24.8 Å². The molecule has 0 aliphatic rings. The number of amides is 1. The zero-order chi connectivity index (χ0) is 12.4. The van der Waals surface area contributed by atoms with Crippen LogP contribution in [0.2, 0.25) is 0 Å². The normalized spacial score (nSPS) is 13.9. The van der Waals surface area contributed by atoms with Gasteiger partial charge in [0, 0.05) is 12.3 Å². The molecule has 0 radical (unpaired) electrons. The van der Waals surface area contributed by atoms with Crippen LogP contribution in [0.3, 0.4) is 0 Å². The number of hydrogen-bond acceptors (Lipinski definition) is 4. The maximum Gasteiger partial charge on any atom is 0.207 e. The average molecular weight is 245 g/mol. The average Bonchev–Trinajstić information content (AvgIpc) is 2.30. The van der Waals surface area contributed by atoms with E-state index in [2.05, 4.69) is 11.9 Å². The van der Waals surface area contributed by atoms with Crippen LogP contribution in [0, 0.1) is 5.92 Å². The lowest BCUT2D eigenvalue weighted by atomic mass is 10.0. The van der Waals surface area contributed by atoms with Crippen molar-refractivity contribution in [2.45, 2.75) is 25.9 Å². The molecule has 0 aliphatic carbocycles. The van der Waals surface area contributed by atoms with Crippen LogP contribution < -0.4 is 5.32 Å². The Morgan fingerprint density at radius 3 is 2.88 bits per heavy atom. The standard InChI is InChI=1S/C11H19NO3S/c1-3-4-5-10(14)9(2)11(15)16-7-6-12-8-13/h3,8-10,14H,1,4-7H2,2H3,(H,12,13)/t9-,10+/m0/s1. The van der Waals surface area contributed by atoms with E-state index in [-0.39, 0.29) is 11.0 Å². The van der Waals surface area contributed by atoms with Gasteiger partial charge in [0.15, 0.2) is 5.12 Å². The van der Waals surface area contributed by atoms with Crippen LogP contribution in [0.5, 0.6) is 0 Å². The summed E-state index contributed by atoms with van der Waals surface area (Å²) in [7, 11) is 0. The van der Waals surface area contributed by atoms with E-state index in [1.54, 1.807) is 13.0 Å². The molecule has 0 heterocycles. The Bertz CT molecular complexity index is 233. The molecule has 0 saturated heterocycles. The van der Waals surface area contributed by atoms with E-state index in [0.717, 1.165) is 11.8 Å². The summed E-state index contributed by atoms with van der Waals surface area (Å²) in [6.07, 6.45) is 2.98. The van der Waals surface area contributed by atoms with Gasteiger partial charge in [-0.15, -0.1) is 6.58 Å². The van der Waals surface area contributed by atoms with Gasteiger partial charge in [0.05, 0.1) is 12.0 Å². The van der Waals surface area contributed by atoms with E-state index < -0.39 is 6.10 Å². The number of nitrogens with one attached hydrogen (secondary N) is 1. The number of aliphatic hydroxyl groups excluding tert-OH is 1.